The van der Waals surface area contributed by atoms with E-state index in [-0.39, 0.29) is 5.91 Å². The minimum Gasteiger partial charge on any atom is -0.372 e. The molecule has 1 aliphatic rings. The number of aryl methyl sites for hydroxylation is 2. The van der Waals surface area contributed by atoms with Crippen LogP contribution in [0.15, 0.2) is 28.8 Å². The van der Waals surface area contributed by atoms with Gasteiger partial charge in [0.1, 0.15) is 5.76 Å². The molecule has 0 radical (unpaired) electrons. The predicted octanol–water partition coefficient (Wildman–Crippen LogP) is 3.86. The highest BCUT2D eigenvalue weighted by molar-refractivity contribution is 5.94. The molecule has 0 bridgehead atoms. The van der Waals surface area contributed by atoms with Crippen LogP contribution in [0.25, 0.3) is 0 Å². The summed E-state index contributed by atoms with van der Waals surface area (Å²) in [5.41, 5.74) is 3.79. The van der Waals surface area contributed by atoms with E-state index in [1.54, 1.807) is 0 Å². The largest absolute Gasteiger partial charge is 0.372 e. The number of rotatable bonds is 5. The smallest absolute Gasteiger partial charge is 0.251 e. The molecular weight excluding hydrogens is 314 g/mol. The van der Waals surface area contributed by atoms with Crippen molar-refractivity contribution in [1.82, 2.24) is 10.5 Å². The minimum absolute atomic E-state index is 0.0648. The molecule has 134 valence electrons. The van der Waals surface area contributed by atoms with Crippen LogP contribution in [-0.2, 0) is 13.0 Å². The molecule has 1 aliphatic heterocycles. The SMILES string of the molecule is CCc1noc(C)c1CNC(=O)c1ccc(N2CCCCCC2)cc1. The van der Waals surface area contributed by atoms with Gasteiger partial charge in [-0.25, -0.2) is 0 Å². The first-order valence-corrected chi connectivity index (χ1v) is 9.26. The van der Waals surface area contributed by atoms with Gasteiger partial charge in [0.05, 0.1) is 5.69 Å². The van der Waals surface area contributed by atoms with Gasteiger partial charge in [-0.1, -0.05) is 24.9 Å². The van der Waals surface area contributed by atoms with Gasteiger partial charge < -0.3 is 14.7 Å². The number of nitrogens with zero attached hydrogens (tertiary/aromatic N) is 2. The van der Waals surface area contributed by atoms with E-state index in [9.17, 15) is 4.79 Å². The van der Waals surface area contributed by atoms with Gasteiger partial charge in [0.15, 0.2) is 0 Å². The normalized spacial score (nSPS) is 15.0. The zero-order chi connectivity index (χ0) is 17.6. The third-order valence-electron chi connectivity index (χ3n) is 4.93. The predicted molar refractivity (Wildman–Crippen MR) is 98.9 cm³/mol. The van der Waals surface area contributed by atoms with Crippen LogP contribution in [-0.4, -0.2) is 24.2 Å². The highest BCUT2D eigenvalue weighted by atomic mass is 16.5. The Morgan fingerprint density at radius 1 is 1.16 bits per heavy atom. The molecule has 0 aliphatic carbocycles. The number of carbonyl (C=O) groups is 1. The molecule has 0 unspecified atom stereocenters. The van der Waals surface area contributed by atoms with Crippen LogP contribution in [0.4, 0.5) is 5.69 Å². The van der Waals surface area contributed by atoms with Crippen LogP contribution in [0.2, 0.25) is 0 Å². The lowest BCUT2D eigenvalue weighted by atomic mass is 10.1. The maximum Gasteiger partial charge on any atom is 0.251 e. The van der Waals surface area contributed by atoms with Crippen LogP contribution >= 0.6 is 0 Å². The molecule has 0 atom stereocenters. The maximum absolute atomic E-state index is 12.4. The second kappa shape index (κ2) is 8.19. The fourth-order valence-corrected chi connectivity index (χ4v) is 3.36. The van der Waals surface area contributed by atoms with E-state index in [1.807, 2.05) is 26.0 Å². The molecule has 3 rings (SSSR count). The van der Waals surface area contributed by atoms with Crippen LogP contribution in [0.1, 0.15) is 60.0 Å². The van der Waals surface area contributed by atoms with Crippen molar-refractivity contribution in [1.29, 1.82) is 0 Å². The number of carbonyl (C=O) groups excluding carboxylic acids is 1. The number of anilines is 1. The number of aromatic nitrogens is 1. The lowest BCUT2D eigenvalue weighted by Gasteiger charge is -2.22. The maximum atomic E-state index is 12.4. The molecule has 5 nitrogen and oxygen atoms in total. The van der Waals surface area contributed by atoms with E-state index in [0.29, 0.717) is 12.1 Å². The summed E-state index contributed by atoms with van der Waals surface area (Å²) in [5, 5.41) is 7.00. The molecule has 1 saturated heterocycles. The van der Waals surface area contributed by atoms with Crippen molar-refractivity contribution in [3.63, 3.8) is 0 Å². The molecular formula is C20H27N3O2. The third kappa shape index (κ3) is 4.21. The summed E-state index contributed by atoms with van der Waals surface area (Å²) in [4.78, 5) is 14.8. The first-order valence-electron chi connectivity index (χ1n) is 9.26. The summed E-state index contributed by atoms with van der Waals surface area (Å²) in [7, 11) is 0. The van der Waals surface area contributed by atoms with E-state index in [4.69, 9.17) is 4.52 Å². The summed E-state index contributed by atoms with van der Waals surface area (Å²) in [6, 6.07) is 7.94. The zero-order valence-corrected chi connectivity index (χ0v) is 15.2. The Morgan fingerprint density at radius 2 is 1.84 bits per heavy atom. The molecule has 2 aromatic rings. The minimum atomic E-state index is -0.0648. The molecule has 0 saturated carbocycles. The van der Waals surface area contributed by atoms with Gasteiger partial charge in [0.25, 0.3) is 5.91 Å². The molecule has 2 heterocycles. The quantitative estimate of drug-likeness (QED) is 0.897. The highest BCUT2D eigenvalue weighted by Gasteiger charge is 2.14. The van der Waals surface area contributed by atoms with Gasteiger partial charge in [0, 0.05) is 36.4 Å². The topological polar surface area (TPSA) is 58.4 Å². The molecule has 25 heavy (non-hydrogen) atoms. The summed E-state index contributed by atoms with van der Waals surface area (Å²) >= 11 is 0. The summed E-state index contributed by atoms with van der Waals surface area (Å²) in [5.74, 6) is 0.707. The van der Waals surface area contributed by atoms with Crippen molar-refractivity contribution in [2.24, 2.45) is 0 Å². The first-order chi connectivity index (χ1) is 12.2. The number of nitrogens with one attached hydrogen (secondary N) is 1. The van der Waals surface area contributed by atoms with Gasteiger partial charge in [-0.15, -0.1) is 0 Å². The van der Waals surface area contributed by atoms with Crippen molar-refractivity contribution >= 4 is 11.6 Å². The van der Waals surface area contributed by atoms with E-state index >= 15 is 0 Å². The van der Waals surface area contributed by atoms with E-state index < -0.39 is 0 Å². The molecule has 1 aromatic heterocycles. The molecule has 1 amide bonds. The third-order valence-corrected chi connectivity index (χ3v) is 4.93. The Morgan fingerprint density at radius 3 is 2.48 bits per heavy atom. The van der Waals surface area contributed by atoms with Gasteiger partial charge in [-0.2, -0.15) is 0 Å². The van der Waals surface area contributed by atoms with Gasteiger partial charge >= 0.3 is 0 Å². The fourth-order valence-electron chi connectivity index (χ4n) is 3.36. The van der Waals surface area contributed by atoms with E-state index in [2.05, 4.69) is 27.5 Å². The molecule has 1 N–H and O–H groups in total. The lowest BCUT2D eigenvalue weighted by Crippen LogP contribution is -2.25. The lowest BCUT2D eigenvalue weighted by molar-refractivity contribution is 0.0951. The highest BCUT2D eigenvalue weighted by Crippen LogP contribution is 2.20. The zero-order valence-electron chi connectivity index (χ0n) is 15.2. The number of hydrogen-bond donors (Lipinski definition) is 1. The fraction of sp³-hybridized carbons (Fsp3) is 0.500. The number of amides is 1. The summed E-state index contributed by atoms with van der Waals surface area (Å²) < 4.78 is 5.21. The number of benzene rings is 1. The van der Waals surface area contributed by atoms with Crippen LogP contribution in [0.3, 0.4) is 0 Å². The first kappa shape index (κ1) is 17.5. The summed E-state index contributed by atoms with van der Waals surface area (Å²) in [6.45, 7) is 6.58. The average Bonchev–Trinajstić information content (AvgIpc) is 2.84. The van der Waals surface area contributed by atoms with Crippen molar-refractivity contribution in [3.05, 3.63) is 46.8 Å². The van der Waals surface area contributed by atoms with Crippen LogP contribution in [0.5, 0.6) is 0 Å². The van der Waals surface area contributed by atoms with Crippen molar-refractivity contribution < 1.29 is 9.32 Å². The molecule has 1 aromatic carbocycles. The van der Waals surface area contributed by atoms with Gasteiger partial charge in [-0.3, -0.25) is 4.79 Å². The molecule has 1 fully saturated rings. The second-order valence-corrected chi connectivity index (χ2v) is 6.65. The van der Waals surface area contributed by atoms with Crippen LogP contribution in [0, 0.1) is 6.92 Å². The van der Waals surface area contributed by atoms with Crippen molar-refractivity contribution in [2.45, 2.75) is 52.5 Å². The standard InChI is InChI=1S/C20H27N3O2/c1-3-19-18(15(2)25-22-19)14-21-20(24)16-8-10-17(11-9-16)23-12-6-4-5-7-13-23/h8-11H,3-7,12-14H2,1-2H3,(H,21,24). The van der Waals surface area contributed by atoms with Crippen LogP contribution < -0.4 is 10.2 Å². The van der Waals surface area contributed by atoms with E-state index in [0.717, 1.165) is 36.5 Å². The van der Waals surface area contributed by atoms with Gasteiger partial charge in [-0.05, 0) is 50.5 Å². The van der Waals surface area contributed by atoms with Gasteiger partial charge in [0.2, 0.25) is 0 Å². The number of hydrogen-bond acceptors (Lipinski definition) is 4. The van der Waals surface area contributed by atoms with Crippen molar-refractivity contribution in [2.75, 3.05) is 18.0 Å². The Kier molecular flexibility index (Phi) is 5.74. The van der Waals surface area contributed by atoms with Crippen molar-refractivity contribution in [3.8, 4) is 0 Å². The molecule has 0 spiro atoms. The Balaban J connectivity index is 1.61. The Hall–Kier alpha value is -2.30. The average molecular weight is 341 g/mol. The second-order valence-electron chi connectivity index (χ2n) is 6.65. The Bertz CT molecular complexity index is 698. The van der Waals surface area contributed by atoms with E-state index in [1.165, 1.54) is 31.4 Å². The summed E-state index contributed by atoms with van der Waals surface area (Å²) in [6.07, 6.45) is 5.94. The molecule has 5 heteroatoms. The monoisotopic (exact) mass is 341 g/mol. The Labute approximate surface area is 149 Å².